The molecule has 1 aliphatic rings. The molecule has 0 aromatic heterocycles. The minimum atomic E-state index is -0.508. The first kappa shape index (κ1) is 17.4. The highest BCUT2D eigenvalue weighted by Crippen LogP contribution is 2.39. The number of fused-ring (bicyclic) bond motifs is 3. The van der Waals surface area contributed by atoms with E-state index in [1.807, 2.05) is 29.2 Å². The van der Waals surface area contributed by atoms with Crippen molar-refractivity contribution in [1.29, 1.82) is 0 Å². The first-order valence-corrected chi connectivity index (χ1v) is 8.37. The Morgan fingerprint density at radius 3 is 2.16 bits per heavy atom. The highest BCUT2D eigenvalue weighted by molar-refractivity contribution is 5.79. The van der Waals surface area contributed by atoms with E-state index in [-0.39, 0.29) is 10.6 Å². The third-order valence-corrected chi connectivity index (χ3v) is 4.39. The third-order valence-electron chi connectivity index (χ3n) is 4.39. The lowest BCUT2D eigenvalue weighted by Crippen LogP contribution is -2.36. The van der Waals surface area contributed by atoms with Crippen LogP contribution >= 0.6 is 0 Å². The molecule has 0 saturated heterocycles. The molecule has 0 amide bonds. The molecule has 2 aromatic carbocycles. The molecule has 0 bridgehead atoms. The van der Waals surface area contributed by atoms with E-state index in [1.165, 1.54) is 6.07 Å². The van der Waals surface area contributed by atoms with E-state index in [0.29, 0.717) is 19.5 Å². The molecule has 2 aromatic rings. The zero-order valence-corrected chi connectivity index (χ0v) is 14.3. The lowest BCUT2D eigenvalue weighted by molar-refractivity contribution is -0.384. The molecule has 3 rings (SSSR count). The molecule has 2 N–H and O–H groups in total. The van der Waals surface area contributed by atoms with Crippen LogP contribution in [0.1, 0.15) is 25.0 Å². The summed E-state index contributed by atoms with van der Waals surface area (Å²) in [4.78, 5) is 12.6. The fourth-order valence-electron chi connectivity index (χ4n) is 3.42. The van der Waals surface area contributed by atoms with Gasteiger partial charge in [-0.1, -0.05) is 6.07 Å². The molecule has 6 nitrogen and oxygen atoms in total. The fourth-order valence-corrected chi connectivity index (χ4v) is 3.42. The first-order valence-electron chi connectivity index (χ1n) is 8.37. The Morgan fingerprint density at radius 2 is 1.60 bits per heavy atom. The van der Waals surface area contributed by atoms with Crippen LogP contribution in [-0.2, 0) is 6.42 Å². The topological polar surface area (TPSA) is 86.8 Å². The largest absolute Gasteiger partial charge is 0.392 e. The number of non-ortho nitro benzene ring substituents is 1. The molecule has 0 radical (unpaired) electrons. The Balaban J connectivity index is 1.92. The Labute approximate surface area is 146 Å². The van der Waals surface area contributed by atoms with Crippen molar-refractivity contribution in [2.45, 2.75) is 32.5 Å². The van der Waals surface area contributed by atoms with Crippen LogP contribution in [0.5, 0.6) is 0 Å². The quantitative estimate of drug-likeness (QED) is 0.531. The van der Waals surface area contributed by atoms with Crippen molar-refractivity contribution in [3.63, 3.8) is 0 Å². The molecule has 6 heteroatoms. The molecule has 0 aliphatic heterocycles. The van der Waals surface area contributed by atoms with Crippen molar-refractivity contribution in [3.8, 4) is 11.1 Å². The van der Waals surface area contributed by atoms with Crippen molar-refractivity contribution >= 4 is 11.4 Å². The molecule has 0 heterocycles. The van der Waals surface area contributed by atoms with Gasteiger partial charge in [-0.05, 0) is 60.7 Å². The summed E-state index contributed by atoms with van der Waals surface area (Å²) in [6.45, 7) is 4.30. The van der Waals surface area contributed by atoms with Gasteiger partial charge < -0.3 is 15.1 Å². The van der Waals surface area contributed by atoms with Crippen molar-refractivity contribution in [2.75, 3.05) is 18.0 Å². The van der Waals surface area contributed by atoms with E-state index < -0.39 is 12.2 Å². The second kappa shape index (κ2) is 6.82. The van der Waals surface area contributed by atoms with Crippen LogP contribution in [0.25, 0.3) is 11.1 Å². The maximum absolute atomic E-state index is 11.0. The van der Waals surface area contributed by atoms with Crippen LogP contribution in [0.2, 0.25) is 0 Å². The molecule has 0 spiro atoms. The van der Waals surface area contributed by atoms with Gasteiger partial charge in [0.15, 0.2) is 0 Å². The minimum absolute atomic E-state index is 0.108. The second-order valence-corrected chi connectivity index (χ2v) is 6.72. The Hall–Kier alpha value is -2.44. The maximum Gasteiger partial charge on any atom is 0.269 e. The van der Waals surface area contributed by atoms with Crippen molar-refractivity contribution in [3.05, 3.63) is 57.6 Å². The van der Waals surface area contributed by atoms with Gasteiger partial charge in [-0.25, -0.2) is 0 Å². The van der Waals surface area contributed by atoms with Crippen LogP contribution in [-0.4, -0.2) is 40.4 Å². The van der Waals surface area contributed by atoms with Gasteiger partial charge in [0.1, 0.15) is 0 Å². The molecular weight excluding hydrogens is 320 g/mol. The average Bonchev–Trinajstić information content (AvgIpc) is 2.89. The lowest BCUT2D eigenvalue weighted by atomic mass is 10.0. The van der Waals surface area contributed by atoms with Gasteiger partial charge >= 0.3 is 0 Å². The summed E-state index contributed by atoms with van der Waals surface area (Å²) >= 11 is 0. The number of hydrogen-bond donors (Lipinski definition) is 2. The van der Waals surface area contributed by atoms with Crippen molar-refractivity contribution in [2.24, 2.45) is 0 Å². The summed E-state index contributed by atoms with van der Waals surface area (Å²) < 4.78 is 0. The zero-order valence-electron chi connectivity index (χ0n) is 14.3. The second-order valence-electron chi connectivity index (χ2n) is 6.72. The van der Waals surface area contributed by atoms with E-state index in [2.05, 4.69) is 0 Å². The summed E-state index contributed by atoms with van der Waals surface area (Å²) in [6.07, 6.45) is -0.365. The summed E-state index contributed by atoms with van der Waals surface area (Å²) in [5.41, 5.74) is 5.22. The number of anilines is 1. The smallest absolute Gasteiger partial charge is 0.269 e. The van der Waals surface area contributed by atoms with Gasteiger partial charge in [0.25, 0.3) is 5.69 Å². The zero-order chi connectivity index (χ0) is 18.1. The summed E-state index contributed by atoms with van der Waals surface area (Å²) in [7, 11) is 0. The van der Waals surface area contributed by atoms with Crippen LogP contribution in [0.4, 0.5) is 11.4 Å². The van der Waals surface area contributed by atoms with E-state index in [9.17, 15) is 20.3 Å². The van der Waals surface area contributed by atoms with Gasteiger partial charge in [-0.15, -0.1) is 0 Å². The van der Waals surface area contributed by atoms with E-state index in [1.54, 1.807) is 19.9 Å². The van der Waals surface area contributed by atoms with Gasteiger partial charge in [-0.3, -0.25) is 10.1 Å². The van der Waals surface area contributed by atoms with E-state index >= 15 is 0 Å². The van der Waals surface area contributed by atoms with Crippen molar-refractivity contribution < 1.29 is 15.1 Å². The third kappa shape index (κ3) is 3.65. The number of aliphatic hydroxyl groups is 2. The average molecular weight is 342 g/mol. The molecule has 0 fully saturated rings. The fraction of sp³-hybridized carbons (Fsp3) is 0.368. The maximum atomic E-state index is 11.0. The lowest BCUT2D eigenvalue weighted by Gasteiger charge is -2.28. The monoisotopic (exact) mass is 342 g/mol. The van der Waals surface area contributed by atoms with Crippen LogP contribution in [0.3, 0.4) is 0 Å². The number of nitro benzene ring substituents is 1. The number of nitrogens with zero attached hydrogens (tertiary/aromatic N) is 2. The Bertz CT molecular complexity index is 792. The molecule has 132 valence electrons. The standard InChI is InChI=1S/C19H22N2O4/c1-12(22)10-20(11-13(2)23)16-3-5-18-14(8-16)7-15-9-17(21(24)25)4-6-19(15)18/h3-6,8-9,12-13,22-23H,7,10-11H2,1-2H3/t12-,13-/m0/s1. The van der Waals surface area contributed by atoms with Crippen molar-refractivity contribution in [1.82, 2.24) is 0 Å². The summed E-state index contributed by atoms with van der Waals surface area (Å²) in [5, 5.41) is 30.4. The number of hydrogen-bond acceptors (Lipinski definition) is 5. The SMILES string of the molecule is C[C@H](O)CN(C[C@H](C)O)c1ccc2c(c1)Cc1cc([N+](=O)[O-])ccc1-2. The van der Waals surface area contributed by atoms with Gasteiger partial charge in [0.2, 0.25) is 0 Å². The highest BCUT2D eigenvalue weighted by Gasteiger charge is 2.22. The molecule has 0 saturated carbocycles. The Kier molecular flexibility index (Phi) is 4.74. The van der Waals surface area contributed by atoms with Crippen LogP contribution < -0.4 is 4.90 Å². The Morgan fingerprint density at radius 1 is 1.04 bits per heavy atom. The highest BCUT2D eigenvalue weighted by atomic mass is 16.6. The molecule has 25 heavy (non-hydrogen) atoms. The predicted octanol–water partition coefficient (Wildman–Crippen LogP) is 2.73. The molecule has 0 unspecified atom stereocenters. The van der Waals surface area contributed by atoms with E-state index in [4.69, 9.17) is 0 Å². The van der Waals surface area contributed by atoms with Gasteiger partial charge in [0, 0.05) is 30.9 Å². The summed E-state index contributed by atoms with van der Waals surface area (Å²) in [5.74, 6) is 0. The minimum Gasteiger partial charge on any atom is -0.392 e. The van der Waals surface area contributed by atoms with Crippen LogP contribution in [0.15, 0.2) is 36.4 Å². The molecule has 2 atom stereocenters. The number of benzene rings is 2. The number of aliphatic hydroxyl groups excluding tert-OH is 2. The number of nitro groups is 1. The van der Waals surface area contributed by atoms with Crippen LogP contribution in [0, 0.1) is 10.1 Å². The number of rotatable bonds is 6. The predicted molar refractivity (Wildman–Crippen MR) is 96.9 cm³/mol. The van der Waals surface area contributed by atoms with Gasteiger partial charge in [0.05, 0.1) is 17.1 Å². The van der Waals surface area contributed by atoms with E-state index in [0.717, 1.165) is 27.9 Å². The first-order chi connectivity index (χ1) is 11.8. The molecular formula is C19H22N2O4. The summed E-state index contributed by atoms with van der Waals surface area (Å²) in [6, 6.07) is 11.0. The van der Waals surface area contributed by atoms with Gasteiger partial charge in [-0.2, -0.15) is 0 Å². The normalized spacial score (nSPS) is 14.6. The molecule has 1 aliphatic carbocycles.